The number of carbonyl (C=O) groups is 1. The summed E-state index contributed by atoms with van der Waals surface area (Å²) < 4.78 is 11.8. The number of nitrogens with one attached hydrogen (secondary N) is 1. The average molecular weight is 479 g/mol. The van der Waals surface area contributed by atoms with E-state index in [0.29, 0.717) is 23.8 Å². The van der Waals surface area contributed by atoms with E-state index in [4.69, 9.17) is 9.47 Å². The highest BCUT2D eigenvalue weighted by Crippen LogP contribution is 2.41. The summed E-state index contributed by atoms with van der Waals surface area (Å²) in [7, 11) is 0. The van der Waals surface area contributed by atoms with E-state index in [1.54, 1.807) is 29.8 Å². The van der Waals surface area contributed by atoms with Gasteiger partial charge in [-0.15, -0.1) is 11.3 Å². The molecule has 3 heterocycles. The molecule has 0 bridgehead atoms. The predicted molar refractivity (Wildman–Crippen MR) is 131 cm³/mol. The number of amides is 1. The van der Waals surface area contributed by atoms with E-state index < -0.39 is 0 Å². The molecule has 8 heteroatoms. The van der Waals surface area contributed by atoms with Gasteiger partial charge in [-0.1, -0.05) is 6.42 Å². The van der Waals surface area contributed by atoms with Crippen LogP contribution in [-0.4, -0.2) is 40.2 Å². The van der Waals surface area contributed by atoms with Crippen LogP contribution in [-0.2, 0) is 4.74 Å². The monoisotopic (exact) mass is 478 g/mol. The highest BCUT2D eigenvalue weighted by molar-refractivity contribution is 7.15. The SMILES string of the molecule is Cc1cnc(C(C)NC(=O)c2cc(OC[C@H]3CCCO3)cc(-c3ncc(C4CCC4)s3)c2)cn1. The zero-order valence-electron chi connectivity index (χ0n) is 19.6. The van der Waals surface area contributed by atoms with E-state index in [0.717, 1.165) is 41.4 Å². The Kier molecular flexibility index (Phi) is 6.87. The number of aryl methyl sites for hydroxylation is 1. The normalized spacial score (nSPS) is 18.9. The summed E-state index contributed by atoms with van der Waals surface area (Å²) in [6.45, 7) is 5.05. The highest BCUT2D eigenvalue weighted by Gasteiger charge is 2.23. The van der Waals surface area contributed by atoms with Gasteiger partial charge < -0.3 is 14.8 Å². The maximum absolute atomic E-state index is 13.2. The minimum absolute atomic E-state index is 0.103. The molecule has 0 radical (unpaired) electrons. The van der Waals surface area contributed by atoms with Crippen molar-refractivity contribution in [1.29, 1.82) is 0 Å². The molecule has 1 aliphatic heterocycles. The fraction of sp³-hybridized carbons (Fsp3) is 0.462. The van der Waals surface area contributed by atoms with Crippen molar-refractivity contribution in [2.24, 2.45) is 0 Å². The number of benzene rings is 1. The van der Waals surface area contributed by atoms with Crippen LogP contribution < -0.4 is 10.1 Å². The first-order chi connectivity index (χ1) is 16.5. The van der Waals surface area contributed by atoms with Crippen LogP contribution >= 0.6 is 11.3 Å². The van der Waals surface area contributed by atoms with Crippen molar-refractivity contribution < 1.29 is 14.3 Å². The second-order valence-electron chi connectivity index (χ2n) is 9.17. The van der Waals surface area contributed by atoms with E-state index in [2.05, 4.69) is 20.3 Å². The lowest BCUT2D eigenvalue weighted by Gasteiger charge is -2.23. The molecule has 5 rings (SSSR count). The van der Waals surface area contributed by atoms with Crippen LogP contribution in [0.1, 0.15) is 77.6 Å². The van der Waals surface area contributed by atoms with Gasteiger partial charge in [-0.2, -0.15) is 0 Å². The molecule has 2 aliphatic rings. The molecule has 2 aromatic heterocycles. The quantitative estimate of drug-likeness (QED) is 0.477. The molecule has 2 atom stereocenters. The van der Waals surface area contributed by atoms with E-state index in [-0.39, 0.29) is 18.1 Å². The molecule has 178 valence electrons. The maximum Gasteiger partial charge on any atom is 0.251 e. The van der Waals surface area contributed by atoms with Gasteiger partial charge in [-0.3, -0.25) is 14.8 Å². The second kappa shape index (κ2) is 10.2. The van der Waals surface area contributed by atoms with Gasteiger partial charge in [0.15, 0.2) is 0 Å². The Labute approximate surface area is 204 Å². The van der Waals surface area contributed by atoms with E-state index in [1.807, 2.05) is 32.2 Å². The standard InChI is InChI=1S/C26H30N4O3S/c1-16-12-28-23(13-27-16)17(2)30-25(31)19-9-20(26-29-14-24(34-26)18-5-3-6-18)11-22(10-19)33-15-21-7-4-8-32-21/h9-14,17-18,21H,3-8,15H2,1-2H3,(H,30,31)/t17?,21-/m1/s1. The first-order valence-electron chi connectivity index (χ1n) is 12.0. The summed E-state index contributed by atoms with van der Waals surface area (Å²) in [5, 5.41) is 3.95. The number of hydrogen-bond donors (Lipinski definition) is 1. The molecule has 2 fully saturated rings. The Morgan fingerprint density at radius 1 is 1.15 bits per heavy atom. The van der Waals surface area contributed by atoms with Gasteiger partial charge in [0.25, 0.3) is 5.91 Å². The fourth-order valence-electron chi connectivity index (χ4n) is 4.18. The molecule has 1 aliphatic carbocycles. The van der Waals surface area contributed by atoms with E-state index in [9.17, 15) is 4.79 Å². The largest absolute Gasteiger partial charge is 0.491 e. The topological polar surface area (TPSA) is 86.2 Å². The van der Waals surface area contributed by atoms with Crippen LogP contribution in [0.15, 0.2) is 36.8 Å². The number of ether oxygens (including phenoxy) is 2. The van der Waals surface area contributed by atoms with Crippen molar-refractivity contribution in [2.75, 3.05) is 13.2 Å². The van der Waals surface area contributed by atoms with Crippen LogP contribution in [0, 0.1) is 6.92 Å². The number of hydrogen-bond acceptors (Lipinski definition) is 7. The second-order valence-corrected chi connectivity index (χ2v) is 10.2. The minimum atomic E-state index is -0.273. The molecule has 1 saturated carbocycles. The van der Waals surface area contributed by atoms with Crippen LogP contribution in [0.4, 0.5) is 0 Å². The van der Waals surface area contributed by atoms with Gasteiger partial charge in [0, 0.05) is 35.0 Å². The highest BCUT2D eigenvalue weighted by atomic mass is 32.1. The number of nitrogens with zero attached hydrogens (tertiary/aromatic N) is 3. The molecule has 1 unspecified atom stereocenters. The van der Waals surface area contributed by atoms with E-state index >= 15 is 0 Å². The lowest BCUT2D eigenvalue weighted by Crippen LogP contribution is -2.27. The molecular formula is C26H30N4O3S. The average Bonchev–Trinajstić information content (AvgIpc) is 3.49. The number of carbonyl (C=O) groups excluding carboxylic acids is 1. The van der Waals surface area contributed by atoms with Gasteiger partial charge in [0.2, 0.25) is 0 Å². The van der Waals surface area contributed by atoms with Gasteiger partial charge in [0.05, 0.1) is 29.7 Å². The summed E-state index contributed by atoms with van der Waals surface area (Å²) in [6.07, 6.45) is 11.3. The summed E-state index contributed by atoms with van der Waals surface area (Å²) >= 11 is 1.71. The van der Waals surface area contributed by atoms with Crippen LogP contribution in [0.2, 0.25) is 0 Å². The summed E-state index contributed by atoms with van der Waals surface area (Å²) in [5.74, 6) is 1.10. The van der Waals surface area contributed by atoms with Crippen molar-refractivity contribution in [1.82, 2.24) is 20.3 Å². The summed E-state index contributed by atoms with van der Waals surface area (Å²) in [5.41, 5.74) is 2.99. The van der Waals surface area contributed by atoms with Crippen LogP contribution in [0.25, 0.3) is 10.6 Å². The third-order valence-corrected chi connectivity index (χ3v) is 7.71. The Morgan fingerprint density at radius 3 is 2.74 bits per heavy atom. The van der Waals surface area contributed by atoms with Gasteiger partial charge >= 0.3 is 0 Å². The summed E-state index contributed by atoms with van der Waals surface area (Å²) in [4.78, 5) is 27.9. The Bertz CT molecular complexity index is 1140. The molecule has 1 aromatic carbocycles. The number of thiazole rings is 1. The van der Waals surface area contributed by atoms with E-state index in [1.165, 1.54) is 24.1 Å². The van der Waals surface area contributed by atoms with Gasteiger partial charge in [-0.25, -0.2) is 4.98 Å². The molecule has 34 heavy (non-hydrogen) atoms. The first-order valence-corrected chi connectivity index (χ1v) is 12.8. The molecule has 3 aromatic rings. The van der Waals surface area contributed by atoms with Gasteiger partial charge in [-0.05, 0) is 63.6 Å². The van der Waals surface area contributed by atoms with Crippen LogP contribution in [0.3, 0.4) is 0 Å². The molecular weight excluding hydrogens is 448 g/mol. The fourth-order valence-corrected chi connectivity index (χ4v) is 5.26. The Morgan fingerprint density at radius 2 is 2.03 bits per heavy atom. The predicted octanol–water partition coefficient (Wildman–Crippen LogP) is 5.22. The first kappa shape index (κ1) is 22.9. The Balaban J connectivity index is 1.38. The smallest absolute Gasteiger partial charge is 0.251 e. The lowest BCUT2D eigenvalue weighted by molar-refractivity contribution is 0.0679. The zero-order chi connectivity index (χ0) is 23.5. The lowest BCUT2D eigenvalue weighted by atomic mass is 9.85. The number of rotatable bonds is 8. The maximum atomic E-state index is 13.2. The van der Waals surface area contributed by atoms with Crippen molar-refractivity contribution in [2.45, 2.75) is 64.0 Å². The molecule has 7 nitrogen and oxygen atoms in total. The Hall–Kier alpha value is -2.84. The molecule has 1 saturated heterocycles. The van der Waals surface area contributed by atoms with Crippen molar-refractivity contribution in [3.05, 3.63) is 58.6 Å². The molecule has 0 spiro atoms. The molecule has 1 N–H and O–H groups in total. The summed E-state index contributed by atoms with van der Waals surface area (Å²) in [6, 6.07) is 5.39. The number of aromatic nitrogens is 3. The van der Waals surface area contributed by atoms with Crippen molar-refractivity contribution >= 4 is 17.2 Å². The van der Waals surface area contributed by atoms with Crippen LogP contribution in [0.5, 0.6) is 5.75 Å². The molecule has 1 amide bonds. The van der Waals surface area contributed by atoms with Crippen molar-refractivity contribution in [3.63, 3.8) is 0 Å². The van der Waals surface area contributed by atoms with Gasteiger partial charge in [0.1, 0.15) is 17.4 Å². The zero-order valence-corrected chi connectivity index (χ0v) is 20.4. The van der Waals surface area contributed by atoms with Crippen molar-refractivity contribution in [3.8, 4) is 16.3 Å². The third-order valence-electron chi connectivity index (χ3n) is 6.50. The third kappa shape index (κ3) is 5.28. The minimum Gasteiger partial charge on any atom is -0.491 e.